The van der Waals surface area contributed by atoms with Crippen molar-refractivity contribution in [3.05, 3.63) is 53.5 Å². The van der Waals surface area contributed by atoms with E-state index in [0.717, 1.165) is 49.7 Å². The Morgan fingerprint density at radius 1 is 1.25 bits per heavy atom. The van der Waals surface area contributed by atoms with Crippen LogP contribution in [0, 0.1) is 12.8 Å². The van der Waals surface area contributed by atoms with Crippen LogP contribution in [-0.2, 0) is 6.54 Å². The maximum absolute atomic E-state index is 9.25. The molecule has 2 heterocycles. The van der Waals surface area contributed by atoms with Gasteiger partial charge in [0.25, 0.3) is 0 Å². The van der Waals surface area contributed by atoms with Crippen molar-refractivity contribution >= 4 is 5.69 Å². The lowest BCUT2D eigenvalue weighted by Crippen LogP contribution is -2.34. The summed E-state index contributed by atoms with van der Waals surface area (Å²) in [4.78, 5) is 2.48. The Morgan fingerprint density at radius 2 is 2.04 bits per heavy atom. The van der Waals surface area contributed by atoms with Crippen molar-refractivity contribution in [1.29, 1.82) is 0 Å². The third-order valence-electron chi connectivity index (χ3n) is 4.87. The lowest BCUT2D eigenvalue weighted by atomic mass is 9.97. The van der Waals surface area contributed by atoms with Crippen LogP contribution in [0.2, 0.25) is 0 Å². The molecule has 0 radical (unpaired) electrons. The first-order chi connectivity index (χ1) is 11.6. The first kappa shape index (κ1) is 17.1. The molecular formula is C20H28N2O2. The molecule has 1 aromatic heterocycles. The van der Waals surface area contributed by atoms with Crippen LogP contribution in [-0.4, -0.2) is 29.7 Å². The lowest BCUT2D eigenvalue weighted by molar-refractivity contribution is 0.127. The van der Waals surface area contributed by atoms with Gasteiger partial charge in [0.05, 0.1) is 6.04 Å². The third kappa shape index (κ3) is 4.40. The molecule has 130 valence electrons. The van der Waals surface area contributed by atoms with Crippen LogP contribution in [0.4, 0.5) is 5.69 Å². The number of hydrogen-bond acceptors (Lipinski definition) is 4. The molecule has 0 saturated carbocycles. The summed E-state index contributed by atoms with van der Waals surface area (Å²) in [5, 5.41) is 12.8. The van der Waals surface area contributed by atoms with Gasteiger partial charge in [-0.3, -0.25) is 4.90 Å². The first-order valence-corrected chi connectivity index (χ1v) is 8.89. The van der Waals surface area contributed by atoms with Gasteiger partial charge in [-0.2, -0.15) is 0 Å². The van der Waals surface area contributed by atoms with E-state index in [1.54, 1.807) is 0 Å². The highest BCUT2D eigenvalue weighted by molar-refractivity contribution is 5.47. The lowest BCUT2D eigenvalue weighted by Gasteiger charge is -2.31. The van der Waals surface area contributed by atoms with E-state index in [2.05, 4.69) is 41.4 Å². The van der Waals surface area contributed by atoms with Crippen molar-refractivity contribution < 1.29 is 9.52 Å². The van der Waals surface area contributed by atoms with Crippen molar-refractivity contribution in [2.75, 3.05) is 25.0 Å². The molecule has 4 heteroatoms. The summed E-state index contributed by atoms with van der Waals surface area (Å²) in [7, 11) is 0. The summed E-state index contributed by atoms with van der Waals surface area (Å²) in [6, 6.07) is 12.8. The molecule has 1 aromatic carbocycles. The van der Waals surface area contributed by atoms with Crippen LogP contribution in [0.1, 0.15) is 42.9 Å². The molecule has 0 spiro atoms. The second-order valence-electron chi connectivity index (χ2n) is 6.92. The Labute approximate surface area is 144 Å². The molecule has 1 aliphatic heterocycles. The monoisotopic (exact) mass is 328 g/mol. The van der Waals surface area contributed by atoms with E-state index in [1.165, 1.54) is 5.56 Å². The molecule has 0 aliphatic carbocycles. The Morgan fingerprint density at radius 3 is 2.71 bits per heavy atom. The summed E-state index contributed by atoms with van der Waals surface area (Å²) in [6.45, 7) is 7.54. The van der Waals surface area contributed by atoms with Gasteiger partial charge in [-0.15, -0.1) is 0 Å². The molecule has 0 amide bonds. The first-order valence-electron chi connectivity index (χ1n) is 8.89. The minimum atomic E-state index is 0.147. The van der Waals surface area contributed by atoms with E-state index >= 15 is 0 Å². The number of benzene rings is 1. The largest absolute Gasteiger partial charge is 0.464 e. The van der Waals surface area contributed by atoms with Gasteiger partial charge in [0.2, 0.25) is 0 Å². The van der Waals surface area contributed by atoms with Crippen molar-refractivity contribution in [3.63, 3.8) is 0 Å². The molecule has 2 N–H and O–H groups in total. The molecular weight excluding hydrogens is 300 g/mol. The number of furan rings is 1. The Balaban J connectivity index is 1.58. The maximum atomic E-state index is 9.25. The fourth-order valence-corrected chi connectivity index (χ4v) is 3.35. The fraction of sp³-hybridized carbons (Fsp3) is 0.500. The topological polar surface area (TPSA) is 48.6 Å². The van der Waals surface area contributed by atoms with Crippen LogP contribution in [0.3, 0.4) is 0 Å². The minimum absolute atomic E-state index is 0.147. The molecule has 1 saturated heterocycles. The highest BCUT2D eigenvalue weighted by atomic mass is 16.3. The Hall–Kier alpha value is -1.78. The third-order valence-corrected chi connectivity index (χ3v) is 4.87. The number of aliphatic hydroxyl groups excluding tert-OH is 1. The number of nitrogens with zero attached hydrogens (tertiary/aromatic N) is 1. The van der Waals surface area contributed by atoms with Crippen molar-refractivity contribution in [1.82, 2.24) is 4.90 Å². The standard InChI is InChI=1S/C20H28N2O2/c1-15-6-7-20(24-15)16(2)21-19-5-3-4-18(12-19)13-22-10-8-17(14-23)9-11-22/h3-7,12,16-17,21,23H,8-11,13-14H2,1-2H3. The van der Waals surface area contributed by atoms with Crippen molar-refractivity contribution in [2.45, 2.75) is 39.3 Å². The number of anilines is 1. The Bertz CT molecular complexity index is 645. The quantitative estimate of drug-likeness (QED) is 0.842. The van der Waals surface area contributed by atoms with Crippen molar-refractivity contribution in [3.8, 4) is 0 Å². The van der Waals surface area contributed by atoms with E-state index in [4.69, 9.17) is 4.42 Å². The van der Waals surface area contributed by atoms with Crippen LogP contribution >= 0.6 is 0 Å². The van der Waals surface area contributed by atoms with E-state index < -0.39 is 0 Å². The highest BCUT2D eigenvalue weighted by Crippen LogP contribution is 2.23. The van der Waals surface area contributed by atoms with Gasteiger partial charge >= 0.3 is 0 Å². The second-order valence-corrected chi connectivity index (χ2v) is 6.92. The number of rotatable bonds is 6. The zero-order valence-electron chi connectivity index (χ0n) is 14.7. The van der Waals surface area contributed by atoms with Crippen LogP contribution < -0.4 is 5.32 Å². The summed E-state index contributed by atoms with van der Waals surface area (Å²) in [6.07, 6.45) is 2.20. The van der Waals surface area contributed by atoms with Gasteiger partial charge in [-0.1, -0.05) is 12.1 Å². The van der Waals surface area contributed by atoms with Crippen LogP contribution in [0.15, 0.2) is 40.8 Å². The smallest absolute Gasteiger partial charge is 0.126 e. The second kappa shape index (κ2) is 7.86. The zero-order valence-corrected chi connectivity index (χ0v) is 14.7. The van der Waals surface area contributed by atoms with Gasteiger partial charge in [0, 0.05) is 18.8 Å². The molecule has 1 atom stereocenters. The fourth-order valence-electron chi connectivity index (χ4n) is 3.35. The number of aryl methyl sites for hydroxylation is 1. The number of nitrogens with one attached hydrogen (secondary N) is 1. The molecule has 24 heavy (non-hydrogen) atoms. The molecule has 1 aliphatic rings. The van der Waals surface area contributed by atoms with Crippen molar-refractivity contribution in [2.24, 2.45) is 5.92 Å². The minimum Gasteiger partial charge on any atom is -0.464 e. The predicted octanol–water partition coefficient (Wildman–Crippen LogP) is 3.97. The number of aliphatic hydroxyl groups is 1. The van der Waals surface area contributed by atoms with Gasteiger partial charge in [0.1, 0.15) is 11.5 Å². The summed E-state index contributed by atoms with van der Waals surface area (Å²) in [5.74, 6) is 2.40. The van der Waals surface area contributed by atoms with Gasteiger partial charge < -0.3 is 14.8 Å². The molecule has 4 nitrogen and oxygen atoms in total. The molecule has 3 rings (SSSR count). The van der Waals surface area contributed by atoms with E-state index in [9.17, 15) is 5.11 Å². The molecule has 1 unspecified atom stereocenters. The zero-order chi connectivity index (χ0) is 16.9. The van der Waals surface area contributed by atoms with E-state index in [0.29, 0.717) is 12.5 Å². The Kier molecular flexibility index (Phi) is 5.59. The van der Waals surface area contributed by atoms with Crippen LogP contribution in [0.25, 0.3) is 0 Å². The van der Waals surface area contributed by atoms with Gasteiger partial charge in [-0.25, -0.2) is 0 Å². The molecule has 0 bridgehead atoms. The SMILES string of the molecule is Cc1ccc(C(C)Nc2cccc(CN3CCC(CO)CC3)c2)o1. The van der Waals surface area contributed by atoms with E-state index in [1.807, 2.05) is 19.1 Å². The number of likely N-dealkylation sites (tertiary alicyclic amines) is 1. The number of piperidine rings is 1. The van der Waals surface area contributed by atoms with Gasteiger partial charge in [-0.05, 0) is 75.5 Å². The van der Waals surface area contributed by atoms with Gasteiger partial charge in [0.15, 0.2) is 0 Å². The molecule has 2 aromatic rings. The molecule has 1 fully saturated rings. The summed E-state index contributed by atoms with van der Waals surface area (Å²) < 4.78 is 5.70. The van der Waals surface area contributed by atoms with E-state index in [-0.39, 0.29) is 6.04 Å². The average Bonchev–Trinajstić information content (AvgIpc) is 3.02. The summed E-state index contributed by atoms with van der Waals surface area (Å²) in [5.41, 5.74) is 2.45. The normalized spacial score (nSPS) is 17.8. The summed E-state index contributed by atoms with van der Waals surface area (Å²) >= 11 is 0. The maximum Gasteiger partial charge on any atom is 0.126 e. The highest BCUT2D eigenvalue weighted by Gasteiger charge is 2.18. The number of hydrogen-bond donors (Lipinski definition) is 2. The predicted molar refractivity (Wildman–Crippen MR) is 97.0 cm³/mol. The average molecular weight is 328 g/mol. The van der Waals surface area contributed by atoms with Crippen LogP contribution in [0.5, 0.6) is 0 Å².